The molecular weight excluding hydrogens is 138 g/mol. The topological polar surface area (TPSA) is 23.5 Å². The lowest BCUT2D eigenvalue weighted by Crippen LogP contribution is -2.44. The largest absolute Gasteiger partial charge is 0.394 e. The summed E-state index contributed by atoms with van der Waals surface area (Å²) in [4.78, 5) is 2.58. The summed E-state index contributed by atoms with van der Waals surface area (Å²) in [5.41, 5.74) is 0.258. The fraction of sp³-hybridized carbons (Fsp3) is 1.00. The van der Waals surface area contributed by atoms with Gasteiger partial charge in [-0.1, -0.05) is 0 Å². The Labute approximate surface area is 67.2 Å². The lowest BCUT2D eigenvalue weighted by Gasteiger charge is -2.32. The van der Waals surface area contributed by atoms with E-state index in [1.807, 2.05) is 0 Å². The number of aliphatic hydroxyl groups is 1. The van der Waals surface area contributed by atoms with Crippen LogP contribution in [0.2, 0.25) is 0 Å². The number of fused-ring (bicyclic) bond motifs is 3. The number of rotatable bonds is 1. The van der Waals surface area contributed by atoms with Crippen molar-refractivity contribution < 1.29 is 5.11 Å². The Hall–Kier alpha value is -0.0800. The highest BCUT2D eigenvalue weighted by atomic mass is 16.3. The van der Waals surface area contributed by atoms with Gasteiger partial charge in [0.05, 0.1) is 6.61 Å². The third-order valence-corrected chi connectivity index (χ3v) is 3.87. The molecule has 1 N–H and O–H groups in total. The summed E-state index contributed by atoms with van der Waals surface area (Å²) in [6, 6.07) is 0.879. The van der Waals surface area contributed by atoms with Crippen LogP contribution >= 0.6 is 0 Å². The van der Waals surface area contributed by atoms with E-state index >= 15 is 0 Å². The Morgan fingerprint density at radius 3 is 3.18 bits per heavy atom. The first kappa shape index (κ1) is 6.44. The van der Waals surface area contributed by atoms with Gasteiger partial charge in [-0.25, -0.2) is 0 Å². The number of aliphatic hydroxyl groups excluding tert-OH is 1. The summed E-state index contributed by atoms with van der Waals surface area (Å²) in [5, 5.41) is 9.32. The molecule has 3 rings (SSSR count). The third-order valence-electron chi connectivity index (χ3n) is 3.87. The van der Waals surface area contributed by atoms with Crippen molar-refractivity contribution in [2.75, 3.05) is 13.2 Å². The van der Waals surface area contributed by atoms with Crippen LogP contribution in [0.5, 0.6) is 0 Å². The first-order chi connectivity index (χ1) is 5.36. The van der Waals surface area contributed by atoms with Crippen LogP contribution in [0.15, 0.2) is 0 Å². The molecule has 2 nitrogen and oxygen atoms in total. The molecule has 1 unspecified atom stereocenters. The molecule has 3 fully saturated rings. The van der Waals surface area contributed by atoms with Crippen LogP contribution in [-0.2, 0) is 0 Å². The third kappa shape index (κ3) is 0.651. The molecule has 1 aliphatic carbocycles. The van der Waals surface area contributed by atoms with E-state index in [4.69, 9.17) is 0 Å². The van der Waals surface area contributed by atoms with Gasteiger partial charge in [-0.2, -0.15) is 0 Å². The molecule has 1 saturated carbocycles. The first-order valence-electron chi connectivity index (χ1n) is 4.73. The maximum atomic E-state index is 9.32. The van der Waals surface area contributed by atoms with Crippen molar-refractivity contribution in [2.24, 2.45) is 5.92 Å². The summed E-state index contributed by atoms with van der Waals surface area (Å²) in [7, 11) is 0. The summed E-state index contributed by atoms with van der Waals surface area (Å²) in [5.74, 6) is 0.961. The van der Waals surface area contributed by atoms with Gasteiger partial charge < -0.3 is 5.11 Å². The molecule has 2 heterocycles. The highest BCUT2D eigenvalue weighted by molar-refractivity contribution is 5.15. The standard InChI is InChI=1S/C9H15NO/c11-6-9-2-1-3-10(9)8-4-7(8)5-9/h7-8,11H,1-6H2/t7-,8-,9?/m0/s1. The lowest BCUT2D eigenvalue weighted by molar-refractivity contribution is 0.0794. The van der Waals surface area contributed by atoms with E-state index in [1.165, 1.54) is 32.2 Å². The predicted molar refractivity (Wildman–Crippen MR) is 42.3 cm³/mol. The second-order valence-corrected chi connectivity index (χ2v) is 4.45. The Balaban J connectivity index is 1.91. The fourth-order valence-corrected chi connectivity index (χ4v) is 3.25. The molecular formula is C9H15NO. The van der Waals surface area contributed by atoms with Gasteiger partial charge in [-0.3, -0.25) is 4.90 Å². The number of piperidine rings is 1. The minimum atomic E-state index is 0.258. The van der Waals surface area contributed by atoms with Crippen LogP contribution < -0.4 is 0 Å². The van der Waals surface area contributed by atoms with Crippen molar-refractivity contribution in [3.05, 3.63) is 0 Å². The van der Waals surface area contributed by atoms with E-state index < -0.39 is 0 Å². The second kappa shape index (κ2) is 1.80. The van der Waals surface area contributed by atoms with E-state index in [-0.39, 0.29) is 5.54 Å². The van der Waals surface area contributed by atoms with E-state index in [0.29, 0.717) is 6.61 Å². The molecule has 2 heteroatoms. The molecule has 0 radical (unpaired) electrons. The monoisotopic (exact) mass is 153 g/mol. The summed E-state index contributed by atoms with van der Waals surface area (Å²) in [6.45, 7) is 1.65. The Morgan fingerprint density at radius 2 is 2.45 bits per heavy atom. The quantitative estimate of drug-likeness (QED) is 0.596. The molecule has 62 valence electrons. The van der Waals surface area contributed by atoms with Crippen LogP contribution in [-0.4, -0.2) is 34.7 Å². The zero-order chi connectivity index (χ0) is 7.47. The average Bonchev–Trinajstić information content (AvgIpc) is 2.55. The molecule has 0 spiro atoms. The summed E-state index contributed by atoms with van der Waals surface area (Å²) in [6.07, 6.45) is 5.26. The molecule has 11 heavy (non-hydrogen) atoms. The Bertz CT molecular complexity index is 194. The molecule has 2 aliphatic heterocycles. The van der Waals surface area contributed by atoms with E-state index in [2.05, 4.69) is 4.90 Å². The average molecular weight is 153 g/mol. The molecule has 0 aromatic carbocycles. The minimum Gasteiger partial charge on any atom is -0.394 e. The summed E-state index contributed by atoms with van der Waals surface area (Å²) < 4.78 is 0. The van der Waals surface area contributed by atoms with Crippen LogP contribution in [0.25, 0.3) is 0 Å². The highest BCUT2D eigenvalue weighted by Crippen LogP contribution is 2.56. The van der Waals surface area contributed by atoms with E-state index in [0.717, 1.165) is 12.0 Å². The highest BCUT2D eigenvalue weighted by Gasteiger charge is 2.60. The van der Waals surface area contributed by atoms with Gasteiger partial charge in [-0.05, 0) is 38.1 Å². The number of hydrogen-bond acceptors (Lipinski definition) is 2. The van der Waals surface area contributed by atoms with Crippen molar-refractivity contribution in [1.29, 1.82) is 0 Å². The van der Waals surface area contributed by atoms with Crippen molar-refractivity contribution >= 4 is 0 Å². The first-order valence-corrected chi connectivity index (χ1v) is 4.73. The van der Waals surface area contributed by atoms with Crippen LogP contribution in [0.1, 0.15) is 25.7 Å². The number of nitrogens with zero attached hydrogens (tertiary/aromatic N) is 1. The van der Waals surface area contributed by atoms with Gasteiger partial charge in [0, 0.05) is 11.6 Å². The molecule has 0 aromatic heterocycles. The van der Waals surface area contributed by atoms with E-state index in [9.17, 15) is 5.11 Å². The predicted octanol–water partition coefficient (Wildman–Crippen LogP) is 0.605. The maximum Gasteiger partial charge on any atom is 0.0615 e. The Morgan fingerprint density at radius 1 is 1.55 bits per heavy atom. The van der Waals surface area contributed by atoms with Crippen LogP contribution in [0, 0.1) is 5.92 Å². The number of hydrogen-bond donors (Lipinski definition) is 1. The molecule has 2 saturated heterocycles. The maximum absolute atomic E-state index is 9.32. The van der Waals surface area contributed by atoms with Crippen LogP contribution in [0.3, 0.4) is 0 Å². The van der Waals surface area contributed by atoms with Crippen molar-refractivity contribution in [2.45, 2.75) is 37.3 Å². The normalized spacial score (nSPS) is 54.3. The van der Waals surface area contributed by atoms with Gasteiger partial charge in [-0.15, -0.1) is 0 Å². The lowest BCUT2D eigenvalue weighted by atomic mass is 9.93. The van der Waals surface area contributed by atoms with Gasteiger partial charge >= 0.3 is 0 Å². The van der Waals surface area contributed by atoms with Gasteiger partial charge in [0.1, 0.15) is 0 Å². The van der Waals surface area contributed by atoms with Crippen molar-refractivity contribution in [3.8, 4) is 0 Å². The molecule has 0 aromatic rings. The molecule has 0 bridgehead atoms. The zero-order valence-electron chi connectivity index (χ0n) is 6.79. The Kier molecular flexibility index (Phi) is 1.06. The van der Waals surface area contributed by atoms with Crippen molar-refractivity contribution in [1.82, 2.24) is 4.90 Å². The van der Waals surface area contributed by atoms with Crippen molar-refractivity contribution in [3.63, 3.8) is 0 Å². The SMILES string of the molecule is OCC12CCCN1[C@H]1C[C@H]1C2. The van der Waals surface area contributed by atoms with Gasteiger partial charge in [0.15, 0.2) is 0 Å². The molecule has 0 amide bonds. The molecule has 3 aliphatic rings. The smallest absolute Gasteiger partial charge is 0.0615 e. The van der Waals surface area contributed by atoms with Gasteiger partial charge in [0.2, 0.25) is 0 Å². The second-order valence-electron chi connectivity index (χ2n) is 4.45. The van der Waals surface area contributed by atoms with E-state index in [1.54, 1.807) is 0 Å². The fourth-order valence-electron chi connectivity index (χ4n) is 3.25. The summed E-state index contributed by atoms with van der Waals surface area (Å²) >= 11 is 0. The zero-order valence-corrected chi connectivity index (χ0v) is 6.79. The van der Waals surface area contributed by atoms with Crippen LogP contribution in [0.4, 0.5) is 0 Å². The molecule has 3 atom stereocenters. The van der Waals surface area contributed by atoms with Gasteiger partial charge in [0.25, 0.3) is 0 Å². The minimum absolute atomic E-state index is 0.258.